The second-order valence-corrected chi connectivity index (χ2v) is 11.3. The first-order valence-corrected chi connectivity index (χ1v) is 14.8. The smallest absolute Gasteiger partial charge is 0.303 e. The third-order valence-corrected chi connectivity index (χ3v) is 8.49. The lowest BCUT2D eigenvalue weighted by Gasteiger charge is -2.28. The highest BCUT2D eigenvalue weighted by atomic mass is 32.2. The molecule has 196 valence electrons. The number of unbranched alkanes of at least 4 members (excludes halogenated alkanes) is 1. The molecule has 2 aromatic heterocycles. The summed E-state index contributed by atoms with van der Waals surface area (Å²) >= 11 is 3.66. The van der Waals surface area contributed by atoms with Crippen molar-refractivity contribution in [1.29, 1.82) is 0 Å². The summed E-state index contributed by atoms with van der Waals surface area (Å²) in [6.07, 6.45) is 5.40. The second-order valence-electron chi connectivity index (χ2n) is 9.15. The van der Waals surface area contributed by atoms with Crippen molar-refractivity contribution >= 4 is 40.6 Å². The molecule has 2 N–H and O–H groups in total. The van der Waals surface area contributed by atoms with Crippen LogP contribution in [0.2, 0.25) is 0 Å². The summed E-state index contributed by atoms with van der Waals surface area (Å²) in [5.41, 5.74) is 3.17. The number of nitrogens with zero attached hydrogens (tertiary/aromatic N) is 3. The maximum absolute atomic E-state index is 11.3. The molecule has 0 amide bonds. The van der Waals surface area contributed by atoms with Crippen LogP contribution in [0.5, 0.6) is 11.5 Å². The number of rotatable bonds is 12. The number of aromatic nitrogens is 2. The van der Waals surface area contributed by atoms with E-state index in [0.29, 0.717) is 12.2 Å². The third-order valence-electron chi connectivity index (χ3n) is 6.62. The van der Waals surface area contributed by atoms with E-state index in [0.717, 1.165) is 66.7 Å². The first-order valence-electron chi connectivity index (χ1n) is 12.7. The van der Waals surface area contributed by atoms with Crippen molar-refractivity contribution in [3.8, 4) is 11.5 Å². The van der Waals surface area contributed by atoms with Crippen LogP contribution in [0.25, 0.3) is 0 Å². The van der Waals surface area contributed by atoms with Crippen LogP contribution >= 0.6 is 23.1 Å². The number of nitrogens with one attached hydrogen (secondary N) is 1. The van der Waals surface area contributed by atoms with E-state index in [-0.39, 0.29) is 19.1 Å². The number of benzene rings is 1. The Balaban J connectivity index is 1.13. The van der Waals surface area contributed by atoms with E-state index in [9.17, 15) is 9.90 Å². The van der Waals surface area contributed by atoms with Crippen molar-refractivity contribution in [3.63, 3.8) is 0 Å². The molecular weight excluding hydrogens is 508 g/mol. The lowest BCUT2D eigenvalue weighted by atomic mass is 9.91. The average Bonchev–Trinajstić information content (AvgIpc) is 3.59. The third kappa shape index (κ3) is 6.87. The number of carboxylic acid groups (broad SMARTS) is 1. The maximum Gasteiger partial charge on any atom is 0.303 e. The Labute approximate surface area is 225 Å². The Kier molecular flexibility index (Phi) is 8.68. The number of hydrogen-bond donors (Lipinski definition) is 2. The largest absolute Gasteiger partial charge is 0.481 e. The summed E-state index contributed by atoms with van der Waals surface area (Å²) in [5.74, 6) is 3.83. The molecule has 1 aromatic carbocycles. The first kappa shape index (κ1) is 25.7. The fraction of sp³-hybridized carbons (Fsp3) is 0.444. The molecule has 0 aliphatic carbocycles. The van der Waals surface area contributed by atoms with E-state index in [1.807, 2.05) is 36.2 Å². The van der Waals surface area contributed by atoms with Crippen molar-refractivity contribution in [2.24, 2.45) is 0 Å². The zero-order valence-electron chi connectivity index (χ0n) is 20.7. The number of aryl methyl sites for hydroxylation is 1. The van der Waals surface area contributed by atoms with Crippen LogP contribution in [-0.4, -0.2) is 59.0 Å². The van der Waals surface area contributed by atoms with Crippen LogP contribution in [0, 0.1) is 0 Å². The van der Waals surface area contributed by atoms with Gasteiger partial charge in [-0.25, -0.2) is 9.97 Å². The number of thioether (sulfide) groups is 1. The maximum atomic E-state index is 11.3. The average molecular weight is 541 g/mol. The summed E-state index contributed by atoms with van der Waals surface area (Å²) in [6.45, 7) is 3.27. The van der Waals surface area contributed by atoms with Crippen molar-refractivity contribution in [2.45, 2.75) is 38.0 Å². The van der Waals surface area contributed by atoms with Crippen LogP contribution < -0.4 is 19.7 Å². The SMILES string of the molecule is O=C(O)CCC(c1ccc2c(c1)OCO2)c1csc(CCCCNc2cc(N3CCSCC3)ccn2)n1. The summed E-state index contributed by atoms with van der Waals surface area (Å²) < 4.78 is 11.0. The zero-order valence-corrected chi connectivity index (χ0v) is 22.4. The van der Waals surface area contributed by atoms with Gasteiger partial charge in [-0.3, -0.25) is 4.79 Å². The standard InChI is InChI=1S/C27H32N4O4S2/c32-27(33)7-5-21(19-4-6-23-24(15-19)35-18-34-23)22-17-37-26(30-22)3-1-2-9-28-25-16-20(8-10-29-25)31-11-13-36-14-12-31/h4,6,8,10,15-17,21H,1-3,5,7,9,11-14,18H2,(H,28,29)(H,32,33). The molecule has 2 aliphatic rings. The van der Waals surface area contributed by atoms with Gasteiger partial charge in [-0.2, -0.15) is 11.8 Å². The van der Waals surface area contributed by atoms with Gasteiger partial charge >= 0.3 is 5.97 Å². The van der Waals surface area contributed by atoms with Crippen LogP contribution in [0.1, 0.15) is 47.9 Å². The Hall–Kier alpha value is -2.98. The molecule has 8 nitrogen and oxygen atoms in total. The minimum absolute atomic E-state index is 0.0869. The molecule has 0 bridgehead atoms. The van der Waals surface area contributed by atoms with Gasteiger partial charge < -0.3 is 24.8 Å². The number of hydrogen-bond acceptors (Lipinski definition) is 9. The number of ether oxygens (including phenoxy) is 2. The number of pyridine rings is 1. The lowest BCUT2D eigenvalue weighted by Crippen LogP contribution is -2.32. The second kappa shape index (κ2) is 12.5. The van der Waals surface area contributed by atoms with E-state index in [2.05, 4.69) is 32.7 Å². The Morgan fingerprint density at radius 2 is 2.00 bits per heavy atom. The fourth-order valence-corrected chi connectivity index (χ4v) is 6.43. The van der Waals surface area contributed by atoms with Gasteiger partial charge in [0, 0.05) is 66.8 Å². The molecule has 10 heteroatoms. The normalized spacial score (nSPS) is 15.5. The topological polar surface area (TPSA) is 96.8 Å². The summed E-state index contributed by atoms with van der Waals surface area (Å²) in [5, 5.41) is 15.9. The number of fused-ring (bicyclic) bond motifs is 1. The molecule has 1 unspecified atom stereocenters. The molecule has 37 heavy (non-hydrogen) atoms. The lowest BCUT2D eigenvalue weighted by molar-refractivity contribution is -0.137. The molecule has 0 spiro atoms. The molecule has 1 fully saturated rings. The van der Waals surface area contributed by atoms with Crippen LogP contribution in [0.15, 0.2) is 41.9 Å². The predicted molar refractivity (Wildman–Crippen MR) is 149 cm³/mol. The molecule has 3 aromatic rings. The molecule has 2 aliphatic heterocycles. The number of thiazole rings is 1. The van der Waals surface area contributed by atoms with Gasteiger partial charge in [0.05, 0.1) is 10.7 Å². The van der Waals surface area contributed by atoms with E-state index in [4.69, 9.17) is 14.5 Å². The number of aliphatic carboxylic acids is 1. The Morgan fingerprint density at radius 3 is 2.86 bits per heavy atom. The Bertz CT molecular complexity index is 1200. The first-order chi connectivity index (χ1) is 18.2. The van der Waals surface area contributed by atoms with Gasteiger partial charge in [0.15, 0.2) is 11.5 Å². The van der Waals surface area contributed by atoms with Gasteiger partial charge in [-0.1, -0.05) is 6.07 Å². The molecule has 4 heterocycles. The molecule has 5 rings (SSSR count). The quantitative estimate of drug-likeness (QED) is 0.299. The van der Waals surface area contributed by atoms with E-state index in [1.54, 1.807) is 11.3 Å². The van der Waals surface area contributed by atoms with E-state index >= 15 is 0 Å². The Morgan fingerprint density at radius 1 is 1.14 bits per heavy atom. The molecule has 1 saturated heterocycles. The van der Waals surface area contributed by atoms with Gasteiger partial charge in [-0.05, 0) is 49.4 Å². The van der Waals surface area contributed by atoms with Gasteiger partial charge in [-0.15, -0.1) is 11.3 Å². The van der Waals surface area contributed by atoms with Crippen molar-refractivity contribution in [2.75, 3.05) is 48.1 Å². The molecule has 0 saturated carbocycles. The van der Waals surface area contributed by atoms with Gasteiger partial charge in [0.1, 0.15) is 5.82 Å². The minimum Gasteiger partial charge on any atom is -0.481 e. The molecular formula is C27H32N4O4S2. The number of anilines is 2. The van der Waals surface area contributed by atoms with Gasteiger partial charge in [0.25, 0.3) is 0 Å². The predicted octanol–water partition coefficient (Wildman–Crippen LogP) is 5.25. The van der Waals surface area contributed by atoms with Crippen molar-refractivity contribution in [3.05, 3.63) is 58.2 Å². The highest BCUT2D eigenvalue weighted by molar-refractivity contribution is 7.99. The van der Waals surface area contributed by atoms with Crippen molar-refractivity contribution in [1.82, 2.24) is 9.97 Å². The zero-order chi connectivity index (χ0) is 25.5. The van der Waals surface area contributed by atoms with Crippen LogP contribution in [-0.2, 0) is 11.2 Å². The monoisotopic (exact) mass is 540 g/mol. The van der Waals surface area contributed by atoms with Crippen LogP contribution in [0.3, 0.4) is 0 Å². The number of carbonyl (C=O) groups is 1. The molecule has 1 atom stereocenters. The summed E-state index contributed by atoms with van der Waals surface area (Å²) in [6, 6.07) is 10.1. The molecule has 0 radical (unpaired) electrons. The highest BCUT2D eigenvalue weighted by Crippen LogP contribution is 2.38. The van der Waals surface area contributed by atoms with Gasteiger partial charge in [0.2, 0.25) is 6.79 Å². The highest BCUT2D eigenvalue weighted by Gasteiger charge is 2.22. The van der Waals surface area contributed by atoms with Crippen molar-refractivity contribution < 1.29 is 19.4 Å². The number of carboxylic acids is 1. The summed E-state index contributed by atoms with van der Waals surface area (Å²) in [4.78, 5) is 23.1. The van der Waals surface area contributed by atoms with Crippen LogP contribution in [0.4, 0.5) is 11.5 Å². The summed E-state index contributed by atoms with van der Waals surface area (Å²) in [7, 11) is 0. The fourth-order valence-electron chi connectivity index (χ4n) is 4.63. The van der Waals surface area contributed by atoms with E-state index in [1.165, 1.54) is 17.2 Å². The minimum atomic E-state index is -0.802. The van der Waals surface area contributed by atoms with E-state index < -0.39 is 5.97 Å².